The lowest BCUT2D eigenvalue weighted by molar-refractivity contribution is -0.190. The highest BCUT2D eigenvalue weighted by Crippen LogP contribution is 2.38. The molecule has 0 spiro atoms. The maximum atomic E-state index is 9.35. The van der Waals surface area contributed by atoms with Crippen molar-refractivity contribution in [2.45, 2.75) is 96.2 Å². The van der Waals surface area contributed by atoms with Crippen LogP contribution in [-0.4, -0.2) is 23.8 Å². The zero-order valence-electron chi connectivity index (χ0n) is 12.4. The van der Waals surface area contributed by atoms with Gasteiger partial charge in [0.2, 0.25) is 0 Å². The smallest absolute Gasteiger partial charge is 0.164 e. The minimum atomic E-state index is -0.584. The summed E-state index contributed by atoms with van der Waals surface area (Å²) in [6.07, 6.45) is 13.6. The Balaban J connectivity index is 1.43. The minimum absolute atomic E-state index is 0.117. The zero-order chi connectivity index (χ0) is 13.5. The molecule has 2 rings (SSSR count). The van der Waals surface area contributed by atoms with Gasteiger partial charge in [0.1, 0.15) is 0 Å². The van der Waals surface area contributed by atoms with Gasteiger partial charge in [0.25, 0.3) is 0 Å². The second-order valence-corrected chi connectivity index (χ2v) is 6.21. The first kappa shape index (κ1) is 15.3. The molecule has 2 fully saturated rings. The van der Waals surface area contributed by atoms with Gasteiger partial charge in [0.15, 0.2) is 12.6 Å². The Morgan fingerprint density at radius 3 is 2.26 bits per heavy atom. The molecule has 0 aromatic carbocycles. The predicted molar refractivity (Wildman–Crippen MR) is 75.7 cm³/mol. The summed E-state index contributed by atoms with van der Waals surface area (Å²) in [5.41, 5.74) is 0. The first-order chi connectivity index (χ1) is 9.29. The average molecular weight is 270 g/mol. The molecule has 4 atom stereocenters. The van der Waals surface area contributed by atoms with Gasteiger partial charge in [-0.05, 0) is 12.8 Å². The highest BCUT2D eigenvalue weighted by Gasteiger charge is 2.42. The summed E-state index contributed by atoms with van der Waals surface area (Å²) >= 11 is 0. The first-order valence-corrected chi connectivity index (χ1v) is 8.28. The summed E-state index contributed by atoms with van der Waals surface area (Å²) in [6, 6.07) is 0. The van der Waals surface area contributed by atoms with Crippen LogP contribution in [0.1, 0.15) is 77.6 Å². The van der Waals surface area contributed by atoms with Crippen molar-refractivity contribution in [1.29, 1.82) is 0 Å². The molecule has 0 aromatic rings. The van der Waals surface area contributed by atoms with Crippen LogP contribution in [-0.2, 0) is 9.47 Å². The van der Waals surface area contributed by atoms with Crippen LogP contribution in [0, 0.1) is 5.92 Å². The molecule has 3 heteroatoms. The van der Waals surface area contributed by atoms with Gasteiger partial charge >= 0.3 is 0 Å². The van der Waals surface area contributed by atoms with Crippen LogP contribution in [0.3, 0.4) is 0 Å². The van der Waals surface area contributed by atoms with E-state index in [0.29, 0.717) is 12.0 Å². The average Bonchev–Trinajstić information content (AvgIpc) is 2.89. The molecule has 0 bridgehead atoms. The van der Waals surface area contributed by atoms with Crippen molar-refractivity contribution < 1.29 is 14.6 Å². The van der Waals surface area contributed by atoms with Crippen molar-refractivity contribution in [1.82, 2.24) is 0 Å². The van der Waals surface area contributed by atoms with Crippen molar-refractivity contribution in [3.05, 3.63) is 0 Å². The van der Waals surface area contributed by atoms with Gasteiger partial charge in [-0.3, -0.25) is 0 Å². The fraction of sp³-hybridized carbons (Fsp3) is 1.00. The Bertz CT molecular complexity index is 230. The van der Waals surface area contributed by atoms with Crippen molar-refractivity contribution in [2.24, 2.45) is 5.92 Å². The molecular formula is C16H30O3. The number of rotatable bonds is 9. The van der Waals surface area contributed by atoms with Gasteiger partial charge < -0.3 is 14.6 Å². The third-order valence-corrected chi connectivity index (χ3v) is 4.45. The van der Waals surface area contributed by atoms with E-state index in [1.165, 1.54) is 57.8 Å². The maximum absolute atomic E-state index is 9.35. The normalized spacial score (nSPS) is 33.8. The Kier molecular flexibility index (Phi) is 6.62. The number of aliphatic hydroxyl groups is 1. The Hall–Kier alpha value is -0.120. The fourth-order valence-electron chi connectivity index (χ4n) is 3.32. The third-order valence-electron chi connectivity index (χ3n) is 4.45. The summed E-state index contributed by atoms with van der Waals surface area (Å²) in [6.45, 7) is 2.26. The van der Waals surface area contributed by atoms with E-state index < -0.39 is 6.29 Å². The van der Waals surface area contributed by atoms with E-state index in [1.807, 2.05) is 0 Å². The summed E-state index contributed by atoms with van der Waals surface area (Å²) in [4.78, 5) is 0. The van der Waals surface area contributed by atoms with Gasteiger partial charge in [-0.2, -0.15) is 0 Å². The van der Waals surface area contributed by atoms with Crippen LogP contribution in [0.15, 0.2) is 0 Å². The highest BCUT2D eigenvalue weighted by molar-refractivity contribution is 4.82. The third kappa shape index (κ3) is 5.05. The van der Waals surface area contributed by atoms with Gasteiger partial charge in [0.05, 0.1) is 6.10 Å². The molecule has 0 unspecified atom stereocenters. The van der Waals surface area contributed by atoms with Crippen molar-refractivity contribution in [3.63, 3.8) is 0 Å². The SMILES string of the molecule is CCCCCCCCCC[C@@H]1C[C@@H]2C[C@H](O)O[C@H]2O1. The van der Waals surface area contributed by atoms with Crippen LogP contribution < -0.4 is 0 Å². The summed E-state index contributed by atoms with van der Waals surface area (Å²) < 4.78 is 11.2. The maximum Gasteiger partial charge on any atom is 0.164 e. The van der Waals surface area contributed by atoms with Crippen LogP contribution in [0.25, 0.3) is 0 Å². The quantitative estimate of drug-likeness (QED) is 0.644. The van der Waals surface area contributed by atoms with E-state index in [9.17, 15) is 5.11 Å². The van der Waals surface area contributed by atoms with Gasteiger partial charge in [-0.15, -0.1) is 0 Å². The topological polar surface area (TPSA) is 38.7 Å². The van der Waals surface area contributed by atoms with E-state index in [0.717, 1.165) is 12.8 Å². The van der Waals surface area contributed by atoms with Crippen molar-refractivity contribution in [3.8, 4) is 0 Å². The second kappa shape index (κ2) is 8.23. The Morgan fingerprint density at radius 1 is 0.895 bits per heavy atom. The molecule has 19 heavy (non-hydrogen) atoms. The lowest BCUT2D eigenvalue weighted by Crippen LogP contribution is -2.16. The number of hydrogen-bond donors (Lipinski definition) is 1. The van der Waals surface area contributed by atoms with Crippen LogP contribution in [0.2, 0.25) is 0 Å². The van der Waals surface area contributed by atoms with Crippen molar-refractivity contribution >= 4 is 0 Å². The number of ether oxygens (including phenoxy) is 2. The van der Waals surface area contributed by atoms with Gasteiger partial charge in [-0.25, -0.2) is 0 Å². The molecule has 0 radical (unpaired) electrons. The van der Waals surface area contributed by atoms with Gasteiger partial charge in [-0.1, -0.05) is 58.3 Å². The van der Waals surface area contributed by atoms with Crippen LogP contribution in [0.5, 0.6) is 0 Å². The molecule has 2 saturated heterocycles. The molecule has 2 aliphatic rings. The van der Waals surface area contributed by atoms with E-state index in [4.69, 9.17) is 9.47 Å². The molecular weight excluding hydrogens is 240 g/mol. The molecule has 0 saturated carbocycles. The number of fused-ring (bicyclic) bond motifs is 1. The minimum Gasteiger partial charge on any atom is -0.368 e. The largest absolute Gasteiger partial charge is 0.368 e. The molecule has 2 heterocycles. The molecule has 2 aliphatic heterocycles. The lowest BCUT2D eigenvalue weighted by atomic mass is 9.99. The molecule has 3 nitrogen and oxygen atoms in total. The van der Waals surface area contributed by atoms with Crippen LogP contribution in [0.4, 0.5) is 0 Å². The number of aliphatic hydroxyl groups excluding tert-OH is 1. The monoisotopic (exact) mass is 270 g/mol. The highest BCUT2D eigenvalue weighted by atomic mass is 16.7. The molecule has 0 aromatic heterocycles. The second-order valence-electron chi connectivity index (χ2n) is 6.21. The van der Waals surface area contributed by atoms with E-state index in [-0.39, 0.29) is 6.29 Å². The summed E-state index contributed by atoms with van der Waals surface area (Å²) in [7, 11) is 0. The Labute approximate surface area is 117 Å². The summed E-state index contributed by atoms with van der Waals surface area (Å²) in [5, 5.41) is 9.35. The zero-order valence-corrected chi connectivity index (χ0v) is 12.4. The van der Waals surface area contributed by atoms with Gasteiger partial charge in [0, 0.05) is 12.3 Å². The predicted octanol–water partition coefficient (Wildman–Crippen LogP) is 3.99. The number of unbranched alkanes of at least 4 members (excludes halogenated alkanes) is 7. The Morgan fingerprint density at radius 2 is 1.58 bits per heavy atom. The lowest BCUT2D eigenvalue weighted by Gasteiger charge is -2.13. The molecule has 0 aliphatic carbocycles. The first-order valence-electron chi connectivity index (χ1n) is 8.28. The molecule has 1 N–H and O–H groups in total. The fourth-order valence-corrected chi connectivity index (χ4v) is 3.32. The summed E-state index contributed by atoms with van der Waals surface area (Å²) in [5.74, 6) is 0.439. The van der Waals surface area contributed by atoms with E-state index >= 15 is 0 Å². The van der Waals surface area contributed by atoms with Crippen molar-refractivity contribution in [2.75, 3.05) is 0 Å². The molecule has 0 amide bonds. The van der Waals surface area contributed by atoms with E-state index in [2.05, 4.69) is 6.92 Å². The van der Waals surface area contributed by atoms with Crippen LogP contribution >= 0.6 is 0 Å². The molecule has 112 valence electrons. The standard InChI is InChI=1S/C16H30O3/c1-2-3-4-5-6-7-8-9-10-14-11-13-12-15(17)19-16(13)18-14/h13-17H,2-12H2,1H3/t13-,14-,15-,16-/m1/s1. The number of hydrogen-bond acceptors (Lipinski definition) is 3. The van der Waals surface area contributed by atoms with E-state index in [1.54, 1.807) is 0 Å².